The van der Waals surface area contributed by atoms with Crippen LogP contribution in [0.15, 0.2) is 71.2 Å². The molecule has 1 aromatic heterocycles. The lowest BCUT2D eigenvalue weighted by atomic mass is 10.1. The fraction of sp³-hybridized carbons (Fsp3) is 0.0909. The summed E-state index contributed by atoms with van der Waals surface area (Å²) in [5.74, 6) is 2.57. The van der Waals surface area contributed by atoms with Crippen LogP contribution in [0.1, 0.15) is 5.56 Å². The smallest absolute Gasteiger partial charge is 0.153 e. The van der Waals surface area contributed by atoms with Gasteiger partial charge in [0.05, 0.1) is 12.0 Å². The van der Waals surface area contributed by atoms with Crippen LogP contribution in [0, 0.1) is 6.92 Å². The Morgan fingerprint density at radius 2 is 1.54 bits per heavy atom. The summed E-state index contributed by atoms with van der Waals surface area (Å²) in [5, 5.41) is 1.13. The van der Waals surface area contributed by atoms with E-state index in [-0.39, 0.29) is 0 Å². The number of halogens is 1. The van der Waals surface area contributed by atoms with E-state index in [2.05, 4.69) is 53.2 Å². The topological polar surface area (TPSA) is 18.5 Å². The minimum Gasteiger partial charge on any atom is -0.497 e. The minimum absolute atomic E-state index is 0.822. The molecule has 0 bridgehead atoms. The Kier molecular flexibility index (Phi) is 4.70. The number of hydrogen-bond acceptors (Lipinski definition) is 3. The molecular weight excluding hydrogens is 408 g/mol. The van der Waals surface area contributed by atoms with E-state index >= 15 is 0 Å². The number of fused-ring (bicyclic) bond motifs is 1. The number of hydrogen-bond donors (Lipinski definition) is 0. The third kappa shape index (κ3) is 3.35. The largest absolute Gasteiger partial charge is 0.497 e. The summed E-state index contributed by atoms with van der Waals surface area (Å²) in [4.78, 5) is 1.12. The minimum atomic E-state index is 0.822. The quantitative estimate of drug-likeness (QED) is 0.338. The average molecular weight is 425 g/mol. The molecule has 3 aromatic carbocycles. The second-order valence-electron chi connectivity index (χ2n) is 6.04. The van der Waals surface area contributed by atoms with Crippen molar-refractivity contribution in [1.82, 2.24) is 0 Å². The molecule has 0 aliphatic carbocycles. The van der Waals surface area contributed by atoms with E-state index in [0.717, 1.165) is 37.5 Å². The first kappa shape index (κ1) is 17.1. The summed E-state index contributed by atoms with van der Waals surface area (Å²) in [6.07, 6.45) is 0. The third-order valence-electron chi connectivity index (χ3n) is 4.19. The SMILES string of the molecule is COc1ccc(-c2sc3cc(C)ccc3c2Oc2ccc(Br)cc2)cc1. The zero-order valence-electron chi connectivity index (χ0n) is 14.5. The maximum atomic E-state index is 6.33. The van der Waals surface area contributed by atoms with Crippen LogP contribution in [0.4, 0.5) is 0 Å². The first-order valence-corrected chi connectivity index (χ1v) is 9.86. The molecule has 26 heavy (non-hydrogen) atoms. The lowest BCUT2D eigenvalue weighted by molar-refractivity contribution is 0.415. The van der Waals surface area contributed by atoms with Crippen molar-refractivity contribution in [3.63, 3.8) is 0 Å². The van der Waals surface area contributed by atoms with Gasteiger partial charge in [0.15, 0.2) is 5.75 Å². The number of methoxy groups -OCH3 is 1. The molecule has 0 aliphatic rings. The Morgan fingerprint density at radius 3 is 2.23 bits per heavy atom. The van der Waals surface area contributed by atoms with Gasteiger partial charge in [0.1, 0.15) is 11.5 Å². The standard InChI is InChI=1S/C22H17BrO2S/c1-14-3-12-19-20(13-14)26-22(15-4-8-17(24-2)9-5-15)21(19)25-18-10-6-16(23)7-11-18/h3-13H,1-2H3. The molecular formula is C22H17BrO2S. The molecule has 0 fully saturated rings. The van der Waals surface area contributed by atoms with Gasteiger partial charge in [0, 0.05) is 14.6 Å². The van der Waals surface area contributed by atoms with Gasteiger partial charge >= 0.3 is 0 Å². The molecule has 130 valence electrons. The summed E-state index contributed by atoms with van der Waals surface area (Å²) in [7, 11) is 1.68. The predicted octanol–water partition coefficient (Wildman–Crippen LogP) is 7.44. The zero-order valence-corrected chi connectivity index (χ0v) is 16.9. The highest BCUT2D eigenvalue weighted by Crippen LogP contribution is 2.46. The first-order chi connectivity index (χ1) is 12.6. The van der Waals surface area contributed by atoms with Crippen molar-refractivity contribution in [3.8, 4) is 27.7 Å². The maximum Gasteiger partial charge on any atom is 0.153 e. The Bertz CT molecular complexity index is 1050. The van der Waals surface area contributed by atoms with Gasteiger partial charge in [-0.1, -0.05) is 22.0 Å². The fourth-order valence-corrected chi connectivity index (χ4v) is 4.33. The number of ether oxygens (including phenoxy) is 2. The first-order valence-electron chi connectivity index (χ1n) is 8.25. The van der Waals surface area contributed by atoms with Crippen molar-refractivity contribution in [2.45, 2.75) is 6.92 Å². The van der Waals surface area contributed by atoms with Gasteiger partial charge in [-0.15, -0.1) is 11.3 Å². The second kappa shape index (κ2) is 7.14. The molecule has 0 N–H and O–H groups in total. The van der Waals surface area contributed by atoms with Gasteiger partial charge in [0.25, 0.3) is 0 Å². The molecule has 0 aliphatic heterocycles. The Labute approximate surface area is 165 Å². The van der Waals surface area contributed by atoms with Crippen molar-refractivity contribution in [2.24, 2.45) is 0 Å². The molecule has 0 radical (unpaired) electrons. The van der Waals surface area contributed by atoms with Gasteiger partial charge in [-0.05, 0) is 78.7 Å². The van der Waals surface area contributed by atoms with Crippen molar-refractivity contribution in [1.29, 1.82) is 0 Å². The summed E-state index contributed by atoms with van der Waals surface area (Å²) in [5.41, 5.74) is 2.37. The molecule has 1 heterocycles. The van der Waals surface area contributed by atoms with Crippen LogP contribution < -0.4 is 9.47 Å². The van der Waals surface area contributed by atoms with E-state index in [1.807, 2.05) is 36.4 Å². The highest BCUT2D eigenvalue weighted by atomic mass is 79.9. The van der Waals surface area contributed by atoms with E-state index in [0.29, 0.717) is 0 Å². The van der Waals surface area contributed by atoms with E-state index in [4.69, 9.17) is 9.47 Å². The molecule has 2 nitrogen and oxygen atoms in total. The van der Waals surface area contributed by atoms with Crippen molar-refractivity contribution < 1.29 is 9.47 Å². The highest BCUT2D eigenvalue weighted by molar-refractivity contribution is 9.10. The van der Waals surface area contributed by atoms with Crippen molar-refractivity contribution in [3.05, 3.63) is 76.8 Å². The number of aryl methyl sites for hydroxylation is 1. The number of benzene rings is 3. The molecule has 4 aromatic rings. The van der Waals surface area contributed by atoms with Crippen LogP contribution in [0.3, 0.4) is 0 Å². The Hall–Kier alpha value is -2.30. The lowest BCUT2D eigenvalue weighted by Crippen LogP contribution is -1.86. The van der Waals surface area contributed by atoms with Crippen LogP contribution in [-0.2, 0) is 0 Å². The van der Waals surface area contributed by atoms with Crippen LogP contribution in [0.5, 0.6) is 17.2 Å². The Balaban J connectivity index is 1.85. The van der Waals surface area contributed by atoms with Gasteiger partial charge in [-0.25, -0.2) is 0 Å². The van der Waals surface area contributed by atoms with Crippen LogP contribution >= 0.6 is 27.3 Å². The van der Waals surface area contributed by atoms with E-state index in [9.17, 15) is 0 Å². The van der Waals surface area contributed by atoms with E-state index in [1.54, 1.807) is 18.4 Å². The molecule has 4 heteroatoms. The summed E-state index contributed by atoms with van der Waals surface area (Å²) >= 11 is 5.22. The lowest BCUT2D eigenvalue weighted by Gasteiger charge is -2.09. The van der Waals surface area contributed by atoms with Gasteiger partial charge in [-0.2, -0.15) is 0 Å². The number of thiophene rings is 1. The number of rotatable bonds is 4. The van der Waals surface area contributed by atoms with E-state index in [1.165, 1.54) is 10.3 Å². The second-order valence-corrected chi connectivity index (χ2v) is 8.01. The summed E-state index contributed by atoms with van der Waals surface area (Å²) in [6, 6.07) is 22.5. The van der Waals surface area contributed by atoms with Gasteiger partial charge in [0.2, 0.25) is 0 Å². The molecule has 0 saturated carbocycles. The summed E-state index contributed by atoms with van der Waals surface area (Å²) in [6.45, 7) is 2.11. The normalized spacial score (nSPS) is 10.9. The molecule has 0 saturated heterocycles. The van der Waals surface area contributed by atoms with E-state index < -0.39 is 0 Å². The highest BCUT2D eigenvalue weighted by Gasteiger charge is 2.16. The molecule has 0 spiro atoms. The third-order valence-corrected chi connectivity index (χ3v) is 5.90. The van der Waals surface area contributed by atoms with Gasteiger partial charge in [-0.3, -0.25) is 0 Å². The molecule has 0 atom stereocenters. The molecule has 0 amide bonds. The maximum absolute atomic E-state index is 6.33. The molecule has 0 unspecified atom stereocenters. The monoisotopic (exact) mass is 424 g/mol. The predicted molar refractivity (Wildman–Crippen MR) is 113 cm³/mol. The molecule has 4 rings (SSSR count). The summed E-state index contributed by atoms with van der Waals surface area (Å²) < 4.78 is 13.9. The fourth-order valence-electron chi connectivity index (χ4n) is 2.83. The van der Waals surface area contributed by atoms with Gasteiger partial charge < -0.3 is 9.47 Å². The van der Waals surface area contributed by atoms with Crippen molar-refractivity contribution in [2.75, 3.05) is 7.11 Å². The zero-order chi connectivity index (χ0) is 18.1. The average Bonchev–Trinajstić information content (AvgIpc) is 3.01. The van der Waals surface area contributed by atoms with Crippen molar-refractivity contribution >= 4 is 37.4 Å². The van der Waals surface area contributed by atoms with Crippen LogP contribution in [0.2, 0.25) is 0 Å². The van der Waals surface area contributed by atoms with Crippen LogP contribution in [0.25, 0.3) is 20.5 Å². The Morgan fingerprint density at radius 1 is 0.846 bits per heavy atom. The van der Waals surface area contributed by atoms with Crippen LogP contribution in [-0.4, -0.2) is 7.11 Å².